The van der Waals surface area contributed by atoms with E-state index in [1.807, 2.05) is 0 Å². The fourth-order valence-corrected chi connectivity index (χ4v) is 1.50. The molecule has 0 unspecified atom stereocenters. The summed E-state index contributed by atoms with van der Waals surface area (Å²) < 4.78 is 5.19. The number of nitriles is 1. The molecule has 2 N–H and O–H groups in total. The van der Waals surface area contributed by atoms with Crippen LogP contribution in [0.3, 0.4) is 0 Å². The highest BCUT2D eigenvalue weighted by molar-refractivity contribution is 5.75. The Hall–Kier alpha value is -2.22. The Bertz CT molecular complexity index is 452. The van der Waals surface area contributed by atoms with Crippen LogP contribution in [0, 0.1) is 11.3 Å². The number of benzene rings is 1. The molecule has 1 aromatic rings. The standard InChI is InChI=1S/C13H17N3O2/c1-15-13(17)4-3-7-16-11-6-5-10(9-14)8-12(11)18-2/h5-6,8,16H,3-4,7H2,1-2H3,(H,15,17). The summed E-state index contributed by atoms with van der Waals surface area (Å²) >= 11 is 0. The third-order valence-corrected chi connectivity index (χ3v) is 2.51. The van der Waals surface area contributed by atoms with Crippen LogP contribution in [-0.2, 0) is 4.79 Å². The second-order valence-electron chi connectivity index (χ2n) is 3.73. The van der Waals surface area contributed by atoms with Crippen LogP contribution in [0.15, 0.2) is 18.2 Å². The van der Waals surface area contributed by atoms with E-state index in [1.54, 1.807) is 32.4 Å². The minimum atomic E-state index is 0.0311. The predicted molar refractivity (Wildman–Crippen MR) is 69.5 cm³/mol. The highest BCUT2D eigenvalue weighted by atomic mass is 16.5. The second kappa shape index (κ2) is 7.17. The normalized spacial score (nSPS) is 9.39. The van der Waals surface area contributed by atoms with Gasteiger partial charge in [-0.25, -0.2) is 0 Å². The van der Waals surface area contributed by atoms with Gasteiger partial charge in [0.2, 0.25) is 5.91 Å². The minimum Gasteiger partial charge on any atom is -0.495 e. The van der Waals surface area contributed by atoms with Gasteiger partial charge in [0.15, 0.2) is 0 Å². The van der Waals surface area contributed by atoms with E-state index < -0.39 is 0 Å². The molecule has 5 heteroatoms. The summed E-state index contributed by atoms with van der Waals surface area (Å²) in [6, 6.07) is 7.27. The molecular weight excluding hydrogens is 230 g/mol. The first-order valence-corrected chi connectivity index (χ1v) is 5.74. The maximum absolute atomic E-state index is 11.0. The first kappa shape index (κ1) is 13.8. The molecule has 0 saturated carbocycles. The van der Waals surface area contributed by atoms with E-state index in [2.05, 4.69) is 16.7 Å². The smallest absolute Gasteiger partial charge is 0.219 e. The molecule has 0 aliphatic rings. The van der Waals surface area contributed by atoms with Crippen molar-refractivity contribution < 1.29 is 9.53 Å². The van der Waals surface area contributed by atoms with Crippen molar-refractivity contribution in [3.05, 3.63) is 23.8 Å². The molecule has 0 saturated heterocycles. The van der Waals surface area contributed by atoms with Gasteiger partial charge in [-0.3, -0.25) is 4.79 Å². The topological polar surface area (TPSA) is 74.2 Å². The summed E-state index contributed by atoms with van der Waals surface area (Å²) in [4.78, 5) is 11.0. The number of hydrogen-bond donors (Lipinski definition) is 2. The molecule has 0 atom stereocenters. The van der Waals surface area contributed by atoms with Crippen molar-refractivity contribution in [2.45, 2.75) is 12.8 Å². The Morgan fingerprint density at radius 3 is 2.89 bits per heavy atom. The van der Waals surface area contributed by atoms with Gasteiger partial charge in [-0.15, -0.1) is 0 Å². The Kier molecular flexibility index (Phi) is 5.52. The fourth-order valence-electron chi connectivity index (χ4n) is 1.50. The Balaban J connectivity index is 2.52. The molecule has 18 heavy (non-hydrogen) atoms. The van der Waals surface area contributed by atoms with Crippen molar-refractivity contribution in [2.24, 2.45) is 0 Å². The van der Waals surface area contributed by atoms with Gasteiger partial charge in [0, 0.05) is 26.1 Å². The molecule has 0 aliphatic carbocycles. The first-order valence-electron chi connectivity index (χ1n) is 5.74. The largest absolute Gasteiger partial charge is 0.495 e. The van der Waals surface area contributed by atoms with Gasteiger partial charge in [0.1, 0.15) is 5.75 Å². The number of carbonyl (C=O) groups excluding carboxylic acids is 1. The molecule has 0 aliphatic heterocycles. The fraction of sp³-hybridized carbons (Fsp3) is 0.385. The van der Waals surface area contributed by atoms with E-state index >= 15 is 0 Å². The van der Waals surface area contributed by atoms with Crippen LogP contribution in [-0.4, -0.2) is 26.6 Å². The average Bonchev–Trinajstić information content (AvgIpc) is 2.43. The average molecular weight is 247 g/mol. The molecule has 0 radical (unpaired) electrons. The van der Waals surface area contributed by atoms with Gasteiger partial charge >= 0.3 is 0 Å². The third-order valence-electron chi connectivity index (χ3n) is 2.51. The van der Waals surface area contributed by atoms with Crippen LogP contribution in [0.4, 0.5) is 5.69 Å². The van der Waals surface area contributed by atoms with Crippen molar-refractivity contribution in [2.75, 3.05) is 26.0 Å². The van der Waals surface area contributed by atoms with Crippen molar-refractivity contribution in [3.8, 4) is 11.8 Å². The number of hydrogen-bond acceptors (Lipinski definition) is 4. The summed E-state index contributed by atoms with van der Waals surface area (Å²) in [6.07, 6.45) is 1.23. The van der Waals surface area contributed by atoms with Gasteiger partial charge in [-0.05, 0) is 18.6 Å². The second-order valence-corrected chi connectivity index (χ2v) is 3.73. The molecule has 0 bridgehead atoms. The summed E-state index contributed by atoms with van der Waals surface area (Å²) in [5, 5.41) is 14.5. The van der Waals surface area contributed by atoms with E-state index in [0.29, 0.717) is 24.3 Å². The number of nitrogens with one attached hydrogen (secondary N) is 2. The van der Waals surface area contributed by atoms with Crippen LogP contribution in [0.5, 0.6) is 5.75 Å². The van der Waals surface area contributed by atoms with Crippen LogP contribution in [0.1, 0.15) is 18.4 Å². The molecule has 0 fully saturated rings. The maximum atomic E-state index is 11.0. The van der Waals surface area contributed by atoms with E-state index in [4.69, 9.17) is 10.00 Å². The molecule has 0 heterocycles. The van der Waals surface area contributed by atoms with Crippen molar-refractivity contribution >= 4 is 11.6 Å². The number of amides is 1. The molecular formula is C13H17N3O2. The van der Waals surface area contributed by atoms with Crippen LogP contribution >= 0.6 is 0 Å². The number of nitrogens with zero attached hydrogens (tertiary/aromatic N) is 1. The quantitative estimate of drug-likeness (QED) is 0.747. The lowest BCUT2D eigenvalue weighted by Gasteiger charge is -2.11. The van der Waals surface area contributed by atoms with Gasteiger partial charge < -0.3 is 15.4 Å². The molecule has 1 amide bonds. The van der Waals surface area contributed by atoms with E-state index in [9.17, 15) is 4.79 Å². The first-order chi connectivity index (χ1) is 8.71. The highest BCUT2D eigenvalue weighted by Crippen LogP contribution is 2.25. The molecule has 1 aromatic carbocycles. The van der Waals surface area contributed by atoms with Gasteiger partial charge in [-0.2, -0.15) is 5.26 Å². The van der Waals surface area contributed by atoms with Gasteiger partial charge in [0.05, 0.1) is 24.4 Å². The lowest BCUT2D eigenvalue weighted by molar-refractivity contribution is -0.120. The Morgan fingerprint density at radius 1 is 1.50 bits per heavy atom. The van der Waals surface area contributed by atoms with E-state index in [-0.39, 0.29) is 5.91 Å². The number of rotatable bonds is 6. The van der Waals surface area contributed by atoms with Crippen molar-refractivity contribution in [1.82, 2.24) is 5.32 Å². The molecule has 96 valence electrons. The predicted octanol–water partition coefficient (Wildman–Crippen LogP) is 1.50. The van der Waals surface area contributed by atoms with Gasteiger partial charge in [-0.1, -0.05) is 0 Å². The number of anilines is 1. The molecule has 1 rings (SSSR count). The summed E-state index contributed by atoms with van der Waals surface area (Å²) in [5.41, 5.74) is 1.39. The lowest BCUT2D eigenvalue weighted by atomic mass is 10.2. The summed E-state index contributed by atoms with van der Waals surface area (Å²) in [5.74, 6) is 0.664. The van der Waals surface area contributed by atoms with E-state index in [0.717, 1.165) is 12.1 Å². The van der Waals surface area contributed by atoms with Crippen LogP contribution in [0.25, 0.3) is 0 Å². The van der Waals surface area contributed by atoms with Crippen molar-refractivity contribution in [1.29, 1.82) is 5.26 Å². The zero-order chi connectivity index (χ0) is 13.4. The van der Waals surface area contributed by atoms with Gasteiger partial charge in [0.25, 0.3) is 0 Å². The SMILES string of the molecule is CNC(=O)CCCNc1ccc(C#N)cc1OC. The Labute approximate surface area is 107 Å². The number of carbonyl (C=O) groups is 1. The zero-order valence-electron chi connectivity index (χ0n) is 10.6. The maximum Gasteiger partial charge on any atom is 0.219 e. The van der Waals surface area contributed by atoms with Crippen LogP contribution in [0.2, 0.25) is 0 Å². The molecule has 5 nitrogen and oxygen atoms in total. The van der Waals surface area contributed by atoms with E-state index in [1.165, 1.54) is 0 Å². The minimum absolute atomic E-state index is 0.0311. The Morgan fingerprint density at radius 2 is 2.28 bits per heavy atom. The molecule has 0 aromatic heterocycles. The summed E-state index contributed by atoms with van der Waals surface area (Å²) in [7, 11) is 3.19. The van der Waals surface area contributed by atoms with Crippen LogP contribution < -0.4 is 15.4 Å². The number of methoxy groups -OCH3 is 1. The highest BCUT2D eigenvalue weighted by Gasteiger charge is 2.04. The summed E-state index contributed by atoms with van der Waals surface area (Å²) in [6.45, 7) is 0.676. The molecule has 0 spiro atoms. The lowest BCUT2D eigenvalue weighted by Crippen LogP contribution is -2.18. The number of ether oxygens (including phenoxy) is 1. The monoisotopic (exact) mass is 247 g/mol. The zero-order valence-corrected chi connectivity index (χ0v) is 10.6. The third kappa shape index (κ3) is 3.98. The van der Waals surface area contributed by atoms with Crippen molar-refractivity contribution in [3.63, 3.8) is 0 Å².